The van der Waals surface area contributed by atoms with Gasteiger partial charge in [-0.3, -0.25) is 0 Å². The van der Waals surface area contributed by atoms with Crippen LogP contribution in [0.2, 0.25) is 0 Å². The van der Waals surface area contributed by atoms with Crippen LogP contribution in [0, 0.1) is 5.92 Å². The van der Waals surface area contributed by atoms with Gasteiger partial charge in [0, 0.05) is 5.57 Å². The van der Waals surface area contributed by atoms with Crippen LogP contribution in [0.15, 0.2) is 12.2 Å². The minimum absolute atomic E-state index is 0.207. The molecule has 1 aliphatic carbocycles. The standard InChI is InChI=1S/C13H22O2/c1-3-11(2)13(14)15-10-12-8-6-4-5-7-9-12/h12H,2-10H2,1H3. The molecule has 0 spiro atoms. The second kappa shape index (κ2) is 6.65. The third-order valence-electron chi connectivity index (χ3n) is 3.14. The summed E-state index contributed by atoms with van der Waals surface area (Å²) in [6, 6.07) is 0. The van der Waals surface area contributed by atoms with Gasteiger partial charge in [0.05, 0.1) is 6.61 Å². The molecular weight excluding hydrogens is 188 g/mol. The minimum Gasteiger partial charge on any atom is -0.462 e. The van der Waals surface area contributed by atoms with E-state index in [2.05, 4.69) is 6.58 Å². The van der Waals surface area contributed by atoms with Crippen molar-refractivity contribution in [3.63, 3.8) is 0 Å². The molecule has 0 aromatic carbocycles. The average Bonchev–Trinajstić information content (AvgIpc) is 2.53. The topological polar surface area (TPSA) is 26.3 Å². The molecule has 0 unspecified atom stereocenters. The Hall–Kier alpha value is -0.790. The van der Waals surface area contributed by atoms with Crippen molar-refractivity contribution in [1.29, 1.82) is 0 Å². The van der Waals surface area contributed by atoms with E-state index in [1.54, 1.807) is 0 Å². The van der Waals surface area contributed by atoms with Gasteiger partial charge >= 0.3 is 5.97 Å². The molecule has 0 N–H and O–H groups in total. The van der Waals surface area contributed by atoms with Crippen molar-refractivity contribution in [1.82, 2.24) is 0 Å². The van der Waals surface area contributed by atoms with Crippen LogP contribution in [-0.2, 0) is 9.53 Å². The first-order valence-electron chi connectivity index (χ1n) is 6.09. The van der Waals surface area contributed by atoms with Crippen LogP contribution < -0.4 is 0 Å². The van der Waals surface area contributed by atoms with Gasteiger partial charge in [-0.25, -0.2) is 4.79 Å². The Kier molecular flexibility index (Phi) is 5.44. The van der Waals surface area contributed by atoms with Crippen molar-refractivity contribution in [2.75, 3.05) is 6.61 Å². The van der Waals surface area contributed by atoms with Crippen molar-refractivity contribution < 1.29 is 9.53 Å². The summed E-state index contributed by atoms with van der Waals surface area (Å²) >= 11 is 0. The molecule has 0 radical (unpaired) electrons. The molecule has 0 heterocycles. The first kappa shape index (κ1) is 12.3. The summed E-state index contributed by atoms with van der Waals surface area (Å²) in [5, 5.41) is 0. The molecule has 0 amide bonds. The zero-order valence-corrected chi connectivity index (χ0v) is 9.76. The summed E-state index contributed by atoms with van der Waals surface area (Å²) in [6.45, 7) is 6.20. The number of hydrogen-bond donors (Lipinski definition) is 0. The Bertz CT molecular complexity index is 213. The second-order valence-corrected chi connectivity index (χ2v) is 4.41. The summed E-state index contributed by atoms with van der Waals surface area (Å²) in [6.07, 6.45) is 8.37. The molecule has 2 nitrogen and oxygen atoms in total. The van der Waals surface area contributed by atoms with Gasteiger partial charge in [0.15, 0.2) is 0 Å². The Balaban J connectivity index is 2.23. The second-order valence-electron chi connectivity index (χ2n) is 4.41. The first-order valence-corrected chi connectivity index (χ1v) is 6.09. The summed E-state index contributed by atoms with van der Waals surface area (Å²) in [7, 11) is 0. The highest BCUT2D eigenvalue weighted by Gasteiger charge is 2.15. The van der Waals surface area contributed by atoms with Crippen LogP contribution >= 0.6 is 0 Å². The van der Waals surface area contributed by atoms with Crippen molar-refractivity contribution in [3.8, 4) is 0 Å². The molecule has 1 rings (SSSR count). The van der Waals surface area contributed by atoms with E-state index < -0.39 is 0 Å². The Morgan fingerprint density at radius 3 is 2.40 bits per heavy atom. The molecule has 0 aromatic heterocycles. The van der Waals surface area contributed by atoms with E-state index in [4.69, 9.17) is 4.74 Å². The van der Waals surface area contributed by atoms with Gasteiger partial charge < -0.3 is 4.74 Å². The van der Waals surface area contributed by atoms with E-state index in [9.17, 15) is 4.79 Å². The molecule has 0 aliphatic heterocycles. The summed E-state index contributed by atoms with van der Waals surface area (Å²) in [5.41, 5.74) is 0.587. The normalized spacial score (nSPS) is 18.2. The van der Waals surface area contributed by atoms with Crippen LogP contribution in [0.5, 0.6) is 0 Å². The molecule has 0 atom stereocenters. The van der Waals surface area contributed by atoms with Crippen molar-refractivity contribution in [2.45, 2.75) is 51.9 Å². The molecule has 0 bridgehead atoms. The minimum atomic E-state index is -0.207. The van der Waals surface area contributed by atoms with Crippen LogP contribution in [-0.4, -0.2) is 12.6 Å². The largest absolute Gasteiger partial charge is 0.462 e. The fourth-order valence-electron chi connectivity index (χ4n) is 1.97. The molecule has 1 fully saturated rings. The maximum atomic E-state index is 11.4. The molecule has 0 aromatic rings. The smallest absolute Gasteiger partial charge is 0.333 e. The van der Waals surface area contributed by atoms with Crippen LogP contribution in [0.1, 0.15) is 51.9 Å². The first-order chi connectivity index (χ1) is 7.24. The van der Waals surface area contributed by atoms with E-state index >= 15 is 0 Å². The van der Waals surface area contributed by atoms with Gasteiger partial charge in [-0.2, -0.15) is 0 Å². The predicted octanol–water partition coefficient (Wildman–Crippen LogP) is 3.47. The lowest BCUT2D eigenvalue weighted by Crippen LogP contribution is -2.14. The third kappa shape index (κ3) is 4.50. The average molecular weight is 210 g/mol. The van der Waals surface area contributed by atoms with Crippen molar-refractivity contribution in [3.05, 3.63) is 12.2 Å². The maximum absolute atomic E-state index is 11.4. The number of esters is 1. The highest BCUT2D eigenvalue weighted by Crippen LogP contribution is 2.23. The number of rotatable bonds is 4. The van der Waals surface area contributed by atoms with Crippen LogP contribution in [0.3, 0.4) is 0 Å². The lowest BCUT2D eigenvalue weighted by molar-refractivity contribution is -0.140. The molecule has 86 valence electrons. The quantitative estimate of drug-likeness (QED) is 0.403. The Morgan fingerprint density at radius 2 is 1.87 bits per heavy atom. The Morgan fingerprint density at radius 1 is 1.27 bits per heavy atom. The van der Waals surface area contributed by atoms with E-state index in [0.29, 0.717) is 24.5 Å². The van der Waals surface area contributed by atoms with Gasteiger partial charge in [-0.05, 0) is 25.2 Å². The van der Waals surface area contributed by atoms with Crippen LogP contribution in [0.4, 0.5) is 0 Å². The zero-order chi connectivity index (χ0) is 11.1. The number of hydrogen-bond acceptors (Lipinski definition) is 2. The van der Waals surface area contributed by atoms with Crippen molar-refractivity contribution >= 4 is 5.97 Å². The number of carbonyl (C=O) groups is 1. The monoisotopic (exact) mass is 210 g/mol. The SMILES string of the molecule is C=C(CC)C(=O)OCC1CCCCCC1. The van der Waals surface area contributed by atoms with Gasteiger partial charge in [0.25, 0.3) is 0 Å². The zero-order valence-electron chi connectivity index (χ0n) is 9.76. The maximum Gasteiger partial charge on any atom is 0.333 e. The predicted molar refractivity (Wildman–Crippen MR) is 61.6 cm³/mol. The molecular formula is C13H22O2. The number of ether oxygens (including phenoxy) is 1. The van der Waals surface area contributed by atoms with Gasteiger partial charge in [-0.1, -0.05) is 39.2 Å². The van der Waals surface area contributed by atoms with Crippen LogP contribution in [0.25, 0.3) is 0 Å². The third-order valence-corrected chi connectivity index (χ3v) is 3.14. The summed E-state index contributed by atoms with van der Waals surface area (Å²) in [4.78, 5) is 11.4. The molecule has 15 heavy (non-hydrogen) atoms. The molecule has 2 heteroatoms. The lowest BCUT2D eigenvalue weighted by Gasteiger charge is -2.14. The van der Waals surface area contributed by atoms with E-state index in [-0.39, 0.29) is 5.97 Å². The van der Waals surface area contributed by atoms with E-state index in [1.165, 1.54) is 38.5 Å². The molecule has 1 saturated carbocycles. The fourth-order valence-corrected chi connectivity index (χ4v) is 1.97. The fraction of sp³-hybridized carbons (Fsp3) is 0.769. The summed E-state index contributed by atoms with van der Waals surface area (Å²) < 4.78 is 5.25. The van der Waals surface area contributed by atoms with Gasteiger partial charge in [0.2, 0.25) is 0 Å². The lowest BCUT2D eigenvalue weighted by atomic mass is 10.0. The molecule has 1 aliphatic rings. The van der Waals surface area contributed by atoms with E-state index in [0.717, 1.165) is 0 Å². The Labute approximate surface area is 92.7 Å². The summed E-state index contributed by atoms with van der Waals surface area (Å²) in [5.74, 6) is 0.378. The highest BCUT2D eigenvalue weighted by molar-refractivity contribution is 5.87. The van der Waals surface area contributed by atoms with Gasteiger partial charge in [-0.15, -0.1) is 0 Å². The van der Waals surface area contributed by atoms with Crippen molar-refractivity contribution in [2.24, 2.45) is 5.92 Å². The van der Waals surface area contributed by atoms with E-state index in [1.807, 2.05) is 6.92 Å². The highest BCUT2D eigenvalue weighted by atomic mass is 16.5. The molecule has 0 saturated heterocycles. The number of carbonyl (C=O) groups excluding carboxylic acids is 1. The van der Waals surface area contributed by atoms with Gasteiger partial charge in [0.1, 0.15) is 0 Å².